The van der Waals surface area contributed by atoms with E-state index in [1.54, 1.807) is 13.0 Å². The number of phenols is 1. The van der Waals surface area contributed by atoms with Gasteiger partial charge in [-0.25, -0.2) is 4.79 Å². The van der Waals surface area contributed by atoms with Crippen LogP contribution in [0.5, 0.6) is 5.75 Å². The molecule has 1 rings (SSSR count). The number of phenolic OH excluding ortho intramolecular Hbond substituents is 1. The first-order valence-electron chi connectivity index (χ1n) is 5.41. The van der Waals surface area contributed by atoms with Gasteiger partial charge in [0.25, 0.3) is 5.91 Å². The van der Waals surface area contributed by atoms with Crippen molar-refractivity contribution in [3.05, 3.63) is 28.2 Å². The van der Waals surface area contributed by atoms with E-state index in [1.165, 1.54) is 19.1 Å². The molecule has 1 unspecified atom stereocenters. The summed E-state index contributed by atoms with van der Waals surface area (Å²) in [4.78, 5) is 23.1. The third-order valence-electron chi connectivity index (χ3n) is 2.20. The SMILES string of the molecule is CCOC(=O)C(C)NC(=O)c1ccc(Br)c(O)c1. The molecule has 6 heteroatoms. The van der Waals surface area contributed by atoms with Gasteiger partial charge in [0.2, 0.25) is 0 Å². The maximum Gasteiger partial charge on any atom is 0.328 e. The number of benzene rings is 1. The quantitative estimate of drug-likeness (QED) is 0.831. The predicted octanol–water partition coefficient (Wildman–Crippen LogP) is 1.84. The number of amides is 1. The van der Waals surface area contributed by atoms with Gasteiger partial charge in [0.1, 0.15) is 11.8 Å². The molecule has 5 nitrogen and oxygen atoms in total. The van der Waals surface area contributed by atoms with Crippen molar-refractivity contribution in [3.63, 3.8) is 0 Å². The van der Waals surface area contributed by atoms with Gasteiger partial charge in [-0.3, -0.25) is 4.79 Å². The highest BCUT2D eigenvalue weighted by molar-refractivity contribution is 9.10. The van der Waals surface area contributed by atoms with Crippen molar-refractivity contribution < 1.29 is 19.4 Å². The normalized spacial score (nSPS) is 11.7. The molecule has 0 aliphatic heterocycles. The van der Waals surface area contributed by atoms with Crippen LogP contribution in [0.3, 0.4) is 0 Å². The van der Waals surface area contributed by atoms with Crippen molar-refractivity contribution in [3.8, 4) is 5.75 Å². The lowest BCUT2D eigenvalue weighted by molar-refractivity contribution is -0.144. The first kappa shape index (κ1) is 14.5. The number of ether oxygens (including phenoxy) is 1. The third-order valence-corrected chi connectivity index (χ3v) is 2.87. The lowest BCUT2D eigenvalue weighted by Crippen LogP contribution is -2.39. The molecule has 1 amide bonds. The Kier molecular flexibility index (Phi) is 5.15. The number of hydrogen-bond acceptors (Lipinski definition) is 4. The minimum Gasteiger partial charge on any atom is -0.507 e. The lowest BCUT2D eigenvalue weighted by Gasteiger charge is -2.12. The average molecular weight is 316 g/mol. The summed E-state index contributed by atoms with van der Waals surface area (Å²) in [5.74, 6) is -0.975. The van der Waals surface area contributed by atoms with Crippen molar-refractivity contribution >= 4 is 27.8 Å². The number of nitrogens with one attached hydrogen (secondary N) is 1. The topological polar surface area (TPSA) is 75.6 Å². The molecule has 0 saturated heterocycles. The number of aromatic hydroxyl groups is 1. The number of hydrogen-bond donors (Lipinski definition) is 2. The average Bonchev–Trinajstić information content (AvgIpc) is 2.32. The standard InChI is InChI=1S/C12H14BrNO4/c1-3-18-12(17)7(2)14-11(16)8-4-5-9(13)10(15)6-8/h4-7,15H,3H2,1-2H3,(H,14,16). The molecule has 0 aliphatic carbocycles. The molecule has 0 heterocycles. The number of halogens is 1. The van der Waals surface area contributed by atoms with Gasteiger partial charge in [-0.1, -0.05) is 0 Å². The van der Waals surface area contributed by atoms with Crippen LogP contribution >= 0.6 is 15.9 Å². The molecule has 0 radical (unpaired) electrons. The Balaban J connectivity index is 2.70. The van der Waals surface area contributed by atoms with Crippen LogP contribution in [0.2, 0.25) is 0 Å². The minimum atomic E-state index is -0.733. The molecular formula is C12H14BrNO4. The maximum atomic E-state index is 11.8. The monoisotopic (exact) mass is 315 g/mol. The molecule has 98 valence electrons. The second-order valence-corrected chi connectivity index (χ2v) is 4.47. The Morgan fingerprint density at radius 1 is 1.50 bits per heavy atom. The molecule has 1 atom stereocenters. The van der Waals surface area contributed by atoms with E-state index in [1.807, 2.05) is 0 Å². The zero-order valence-corrected chi connectivity index (χ0v) is 11.7. The van der Waals surface area contributed by atoms with Gasteiger partial charge in [0.05, 0.1) is 11.1 Å². The number of rotatable bonds is 4. The van der Waals surface area contributed by atoms with Crippen molar-refractivity contribution in [1.29, 1.82) is 0 Å². The summed E-state index contributed by atoms with van der Waals surface area (Å²) in [6.45, 7) is 3.49. The molecule has 1 aromatic carbocycles. The van der Waals surface area contributed by atoms with Crippen molar-refractivity contribution in [1.82, 2.24) is 5.32 Å². The highest BCUT2D eigenvalue weighted by Gasteiger charge is 2.17. The van der Waals surface area contributed by atoms with Gasteiger partial charge < -0.3 is 15.2 Å². The largest absolute Gasteiger partial charge is 0.507 e. The van der Waals surface area contributed by atoms with E-state index in [9.17, 15) is 14.7 Å². The Labute approximate surface area is 113 Å². The second kappa shape index (κ2) is 6.39. The molecule has 0 aliphatic rings. The lowest BCUT2D eigenvalue weighted by atomic mass is 10.2. The van der Waals surface area contributed by atoms with E-state index in [0.717, 1.165) is 0 Å². The Hall–Kier alpha value is -1.56. The summed E-state index contributed by atoms with van der Waals surface area (Å²) in [6, 6.07) is 3.68. The molecule has 18 heavy (non-hydrogen) atoms. The van der Waals surface area contributed by atoms with Gasteiger partial charge >= 0.3 is 5.97 Å². The molecule has 0 aromatic heterocycles. The van der Waals surface area contributed by atoms with Crippen LogP contribution in [0, 0.1) is 0 Å². The Morgan fingerprint density at radius 3 is 2.72 bits per heavy atom. The van der Waals surface area contributed by atoms with Gasteiger partial charge in [0.15, 0.2) is 0 Å². The highest BCUT2D eigenvalue weighted by atomic mass is 79.9. The zero-order valence-electron chi connectivity index (χ0n) is 10.1. The first-order chi connectivity index (χ1) is 8.45. The summed E-state index contributed by atoms with van der Waals surface area (Å²) < 4.78 is 5.27. The number of carbonyl (C=O) groups excluding carboxylic acids is 2. The molecule has 2 N–H and O–H groups in total. The minimum absolute atomic E-state index is 0.0357. The van der Waals surface area contributed by atoms with Crippen LogP contribution in [0.1, 0.15) is 24.2 Å². The van der Waals surface area contributed by atoms with E-state index in [4.69, 9.17) is 4.74 Å². The van der Waals surface area contributed by atoms with E-state index >= 15 is 0 Å². The van der Waals surface area contributed by atoms with Crippen LogP contribution in [-0.4, -0.2) is 29.6 Å². The van der Waals surface area contributed by atoms with E-state index in [2.05, 4.69) is 21.2 Å². The molecule has 0 spiro atoms. The van der Waals surface area contributed by atoms with E-state index in [-0.39, 0.29) is 17.9 Å². The third kappa shape index (κ3) is 3.73. The van der Waals surface area contributed by atoms with Crippen molar-refractivity contribution in [2.75, 3.05) is 6.61 Å². The summed E-state index contributed by atoms with van der Waals surface area (Å²) in [5, 5.41) is 11.9. The fourth-order valence-corrected chi connectivity index (χ4v) is 1.51. The van der Waals surface area contributed by atoms with Crippen LogP contribution in [-0.2, 0) is 9.53 Å². The molecule has 1 aromatic rings. The second-order valence-electron chi connectivity index (χ2n) is 3.61. The summed E-state index contributed by atoms with van der Waals surface area (Å²) in [6.07, 6.45) is 0. The smallest absolute Gasteiger partial charge is 0.328 e. The van der Waals surface area contributed by atoms with Crippen LogP contribution in [0.4, 0.5) is 0 Å². The fraction of sp³-hybridized carbons (Fsp3) is 0.333. The van der Waals surface area contributed by atoms with Crippen LogP contribution in [0.15, 0.2) is 22.7 Å². The fourth-order valence-electron chi connectivity index (χ4n) is 1.26. The van der Waals surface area contributed by atoms with Gasteiger partial charge in [0, 0.05) is 5.56 Å². The first-order valence-corrected chi connectivity index (χ1v) is 6.21. The number of esters is 1. The summed E-state index contributed by atoms with van der Waals surface area (Å²) >= 11 is 3.12. The maximum absolute atomic E-state index is 11.8. The van der Waals surface area contributed by atoms with Gasteiger partial charge in [-0.05, 0) is 48.0 Å². The van der Waals surface area contributed by atoms with Gasteiger partial charge in [-0.2, -0.15) is 0 Å². The molecule has 0 saturated carbocycles. The molecular weight excluding hydrogens is 302 g/mol. The van der Waals surface area contributed by atoms with Crippen molar-refractivity contribution in [2.24, 2.45) is 0 Å². The van der Waals surface area contributed by atoms with E-state index in [0.29, 0.717) is 4.47 Å². The Morgan fingerprint density at radius 2 is 2.17 bits per heavy atom. The van der Waals surface area contributed by atoms with Crippen molar-refractivity contribution in [2.45, 2.75) is 19.9 Å². The molecule has 0 fully saturated rings. The van der Waals surface area contributed by atoms with Crippen LogP contribution in [0.25, 0.3) is 0 Å². The summed E-state index contributed by atoms with van der Waals surface area (Å²) in [5.41, 5.74) is 0.270. The molecule has 0 bridgehead atoms. The highest BCUT2D eigenvalue weighted by Crippen LogP contribution is 2.24. The predicted molar refractivity (Wildman–Crippen MR) is 69.4 cm³/mol. The van der Waals surface area contributed by atoms with E-state index < -0.39 is 17.9 Å². The number of carbonyl (C=O) groups is 2. The van der Waals surface area contributed by atoms with Gasteiger partial charge in [-0.15, -0.1) is 0 Å². The Bertz CT molecular complexity index is 461. The zero-order chi connectivity index (χ0) is 13.7. The van der Waals surface area contributed by atoms with Crippen LogP contribution < -0.4 is 5.32 Å². The summed E-state index contributed by atoms with van der Waals surface area (Å²) in [7, 11) is 0.